The van der Waals surface area contributed by atoms with Gasteiger partial charge in [0.25, 0.3) is 0 Å². The number of phenolic OH excluding ortho intramolecular Hbond substituents is 2. The van der Waals surface area contributed by atoms with Gasteiger partial charge in [0.15, 0.2) is 11.5 Å². The Hall–Kier alpha value is -0.985. The Kier molecular flexibility index (Phi) is 2.13. The van der Waals surface area contributed by atoms with E-state index in [1.165, 1.54) is 0 Å². The van der Waals surface area contributed by atoms with Gasteiger partial charge in [-0.05, 0) is 12.5 Å². The fraction of sp³-hybridized carbons (Fsp3) is 0.143. The van der Waals surface area contributed by atoms with E-state index in [4.69, 9.17) is 0 Å². The van der Waals surface area contributed by atoms with E-state index in [0.29, 0.717) is 0 Å². The molecule has 60 valence electrons. The summed E-state index contributed by atoms with van der Waals surface area (Å²) in [6.45, 7) is 1.80. The van der Waals surface area contributed by atoms with Gasteiger partial charge < -0.3 is 10.2 Å². The molecule has 0 saturated heterocycles. The minimum absolute atomic E-state index is 0.00981. The fourth-order valence-corrected chi connectivity index (χ4v) is 1.27. The van der Waals surface area contributed by atoms with Crippen LogP contribution in [0.4, 0.5) is 0 Å². The van der Waals surface area contributed by atoms with Crippen molar-refractivity contribution in [3.63, 3.8) is 0 Å². The molecule has 1 rings (SSSR count). The number of benzene rings is 1. The van der Waals surface area contributed by atoms with Crippen LogP contribution in [0.5, 0.6) is 11.5 Å². The van der Waals surface area contributed by atoms with E-state index in [1.807, 2.05) is 15.7 Å². The zero-order chi connectivity index (χ0) is 9.46. The van der Waals surface area contributed by atoms with Crippen LogP contribution in [-0.4, -0.2) is 33.8 Å². The lowest BCUT2D eigenvalue weighted by Crippen LogP contribution is -2.40. The highest BCUT2D eigenvalue weighted by molar-refractivity contribution is 6.58. The highest BCUT2D eigenvalue weighted by atomic mass is 16.3. The van der Waals surface area contributed by atoms with Crippen LogP contribution < -0.4 is 16.4 Å². The summed E-state index contributed by atoms with van der Waals surface area (Å²) in [4.78, 5) is 0. The van der Waals surface area contributed by atoms with Crippen LogP contribution in [0.25, 0.3) is 0 Å². The second-order valence-corrected chi connectivity index (χ2v) is 3.20. The lowest BCUT2D eigenvalue weighted by Gasteiger charge is -2.13. The molecule has 1 aromatic carbocycles. The van der Waals surface area contributed by atoms with Crippen molar-refractivity contribution in [1.82, 2.24) is 0 Å². The van der Waals surface area contributed by atoms with Crippen molar-refractivity contribution < 1.29 is 10.2 Å². The van der Waals surface area contributed by atoms with Crippen molar-refractivity contribution in [2.24, 2.45) is 0 Å². The van der Waals surface area contributed by atoms with Gasteiger partial charge in [0.1, 0.15) is 23.5 Å². The molecule has 0 bridgehead atoms. The minimum Gasteiger partial charge on any atom is -0.505 e. The van der Waals surface area contributed by atoms with Crippen LogP contribution in [-0.2, 0) is 0 Å². The van der Waals surface area contributed by atoms with Gasteiger partial charge in [-0.3, -0.25) is 0 Å². The summed E-state index contributed by atoms with van der Waals surface area (Å²) in [5.74, 6) is 0.0196. The van der Waals surface area contributed by atoms with Gasteiger partial charge in [-0.2, -0.15) is 0 Å². The van der Waals surface area contributed by atoms with Crippen LogP contribution in [0.3, 0.4) is 0 Å². The van der Waals surface area contributed by atoms with E-state index in [9.17, 15) is 10.2 Å². The molecule has 0 aliphatic heterocycles. The Morgan fingerprint density at radius 3 is 1.83 bits per heavy atom. The van der Waals surface area contributed by atoms with Crippen molar-refractivity contribution >= 4 is 39.9 Å². The third-order valence-corrected chi connectivity index (χ3v) is 2.62. The van der Waals surface area contributed by atoms with Crippen LogP contribution in [0.15, 0.2) is 0 Å². The molecule has 0 spiro atoms. The maximum Gasteiger partial charge on any atom is 0.159 e. The molecule has 2 N–H and O–H groups in total. The smallest absolute Gasteiger partial charge is 0.159 e. The number of rotatable bonds is 0. The molecule has 0 saturated carbocycles. The summed E-state index contributed by atoms with van der Waals surface area (Å²) in [6, 6.07) is 0. The Morgan fingerprint density at radius 2 is 1.33 bits per heavy atom. The molecule has 0 heterocycles. The van der Waals surface area contributed by atoms with Crippen LogP contribution in [0.2, 0.25) is 0 Å². The standard InChI is InChI=1S/C7H11B3O2/c1-2-3(8)4(9)5(10)7(12)6(2)11/h11-12H,8-10H2,1H3. The summed E-state index contributed by atoms with van der Waals surface area (Å²) in [6.07, 6.45) is 0. The first-order chi connectivity index (χ1) is 5.46. The highest BCUT2D eigenvalue weighted by Gasteiger charge is 2.11. The van der Waals surface area contributed by atoms with Gasteiger partial charge in [0.2, 0.25) is 0 Å². The molecule has 0 amide bonds. The minimum atomic E-state index is 0.00981. The molecule has 0 atom stereocenters. The molecule has 2 nitrogen and oxygen atoms in total. The summed E-state index contributed by atoms with van der Waals surface area (Å²) >= 11 is 0. The average molecular weight is 160 g/mol. The summed E-state index contributed by atoms with van der Waals surface area (Å²) in [7, 11) is 5.68. The number of hydrogen-bond acceptors (Lipinski definition) is 2. The molecule has 12 heavy (non-hydrogen) atoms. The molecule has 1 aromatic rings. The number of aromatic hydroxyl groups is 2. The van der Waals surface area contributed by atoms with Crippen LogP contribution in [0.1, 0.15) is 5.56 Å². The normalized spacial score (nSPS) is 10.1. The van der Waals surface area contributed by atoms with Crippen molar-refractivity contribution in [3.05, 3.63) is 5.56 Å². The van der Waals surface area contributed by atoms with Gasteiger partial charge in [-0.1, -0.05) is 16.4 Å². The fourth-order valence-electron chi connectivity index (χ4n) is 1.27. The predicted molar refractivity (Wildman–Crippen MR) is 59.0 cm³/mol. The van der Waals surface area contributed by atoms with Crippen molar-refractivity contribution in [3.8, 4) is 11.5 Å². The maximum atomic E-state index is 9.44. The third-order valence-electron chi connectivity index (χ3n) is 2.62. The second-order valence-electron chi connectivity index (χ2n) is 3.20. The first kappa shape index (κ1) is 9.11. The number of phenols is 2. The molecular weight excluding hydrogens is 149 g/mol. The molecule has 0 aliphatic carbocycles. The van der Waals surface area contributed by atoms with Crippen molar-refractivity contribution in [1.29, 1.82) is 0 Å². The van der Waals surface area contributed by atoms with Gasteiger partial charge >= 0.3 is 0 Å². The van der Waals surface area contributed by atoms with Gasteiger partial charge in [-0.25, -0.2) is 0 Å². The Balaban J connectivity index is 3.60. The quantitative estimate of drug-likeness (QED) is 0.301. The Bertz CT molecular complexity index is 231. The molecular formula is C7H11B3O2. The van der Waals surface area contributed by atoms with Crippen molar-refractivity contribution in [2.45, 2.75) is 6.92 Å². The van der Waals surface area contributed by atoms with E-state index < -0.39 is 0 Å². The molecule has 0 fully saturated rings. The Morgan fingerprint density at radius 1 is 0.833 bits per heavy atom. The van der Waals surface area contributed by atoms with Gasteiger partial charge in [0.05, 0.1) is 0 Å². The van der Waals surface area contributed by atoms with Gasteiger partial charge in [0, 0.05) is 0 Å². The van der Waals surface area contributed by atoms with Crippen LogP contribution in [0, 0.1) is 6.92 Å². The maximum absolute atomic E-state index is 9.44. The van der Waals surface area contributed by atoms with Crippen LogP contribution >= 0.6 is 0 Å². The summed E-state index contributed by atoms with van der Waals surface area (Å²) < 4.78 is 0. The second kappa shape index (κ2) is 2.81. The molecule has 5 heteroatoms. The number of hydrogen-bond donors (Lipinski definition) is 2. The lowest BCUT2D eigenvalue weighted by molar-refractivity contribution is 0.405. The topological polar surface area (TPSA) is 40.5 Å². The zero-order valence-corrected chi connectivity index (χ0v) is 7.89. The molecule has 0 aliphatic rings. The van der Waals surface area contributed by atoms with E-state index in [2.05, 4.69) is 0 Å². The highest BCUT2D eigenvalue weighted by Crippen LogP contribution is 2.22. The molecule has 0 unspecified atom stereocenters. The average Bonchev–Trinajstić information content (AvgIpc) is 2.08. The predicted octanol–water partition coefficient (Wildman–Crippen LogP) is -3.82. The molecule has 0 radical (unpaired) electrons. The van der Waals surface area contributed by atoms with E-state index in [0.717, 1.165) is 22.0 Å². The van der Waals surface area contributed by atoms with E-state index in [1.54, 1.807) is 14.8 Å². The summed E-state index contributed by atoms with van der Waals surface area (Å²) in [5.41, 5.74) is 3.61. The summed E-state index contributed by atoms with van der Waals surface area (Å²) in [5, 5.41) is 18.9. The SMILES string of the molecule is Bc1c(B)c(C)c(O)c(O)c1B. The first-order valence-corrected chi connectivity index (χ1v) is 3.95. The largest absolute Gasteiger partial charge is 0.505 e. The Labute approximate surface area is 74.8 Å². The lowest BCUT2D eigenvalue weighted by atomic mass is 9.70. The van der Waals surface area contributed by atoms with E-state index >= 15 is 0 Å². The molecule has 0 aromatic heterocycles. The van der Waals surface area contributed by atoms with Crippen molar-refractivity contribution in [2.75, 3.05) is 0 Å². The van der Waals surface area contributed by atoms with E-state index in [-0.39, 0.29) is 11.5 Å². The third kappa shape index (κ3) is 1.09. The zero-order valence-electron chi connectivity index (χ0n) is 7.89. The monoisotopic (exact) mass is 160 g/mol. The van der Waals surface area contributed by atoms with Gasteiger partial charge in [-0.15, -0.1) is 0 Å². The first-order valence-electron chi connectivity index (χ1n) is 3.95.